The van der Waals surface area contributed by atoms with Crippen LogP contribution < -0.4 is 10.5 Å². The van der Waals surface area contributed by atoms with E-state index in [0.29, 0.717) is 5.02 Å². The minimum atomic E-state index is -0.530. The molecule has 0 fully saturated rings. The van der Waals surface area contributed by atoms with Crippen LogP contribution in [0, 0.1) is 0 Å². The molecule has 0 radical (unpaired) electrons. The van der Waals surface area contributed by atoms with Gasteiger partial charge in [-0.25, -0.2) is 0 Å². The summed E-state index contributed by atoms with van der Waals surface area (Å²) < 4.78 is 5.39. The first kappa shape index (κ1) is 13.9. The Morgan fingerprint density at radius 3 is 2.47 bits per heavy atom. The summed E-state index contributed by atoms with van der Waals surface area (Å²) in [4.78, 5) is 0. The van der Waals surface area contributed by atoms with Gasteiger partial charge in [0.05, 0.1) is 7.11 Å². The van der Waals surface area contributed by atoms with Crippen molar-refractivity contribution in [2.75, 3.05) is 7.11 Å². The van der Waals surface area contributed by atoms with Crippen LogP contribution in [0.1, 0.15) is 18.1 Å². The van der Waals surface area contributed by atoms with E-state index in [1.165, 1.54) is 5.56 Å². The zero-order valence-corrected chi connectivity index (χ0v) is 11.9. The SMILES string of the molecule is COc1ccc(Cl)cc1C(C)(N)Cc1ccccc1. The van der Waals surface area contributed by atoms with E-state index in [1.807, 2.05) is 43.3 Å². The number of benzene rings is 2. The first-order valence-corrected chi connectivity index (χ1v) is 6.57. The molecule has 0 saturated heterocycles. The van der Waals surface area contributed by atoms with E-state index >= 15 is 0 Å². The lowest BCUT2D eigenvalue weighted by Crippen LogP contribution is -2.35. The lowest BCUT2D eigenvalue weighted by atomic mass is 9.86. The van der Waals surface area contributed by atoms with Crippen LogP contribution >= 0.6 is 11.6 Å². The smallest absolute Gasteiger partial charge is 0.124 e. The van der Waals surface area contributed by atoms with E-state index in [2.05, 4.69) is 12.1 Å². The van der Waals surface area contributed by atoms with E-state index in [-0.39, 0.29) is 0 Å². The van der Waals surface area contributed by atoms with Crippen LogP contribution in [0.15, 0.2) is 48.5 Å². The van der Waals surface area contributed by atoms with E-state index in [1.54, 1.807) is 7.11 Å². The van der Waals surface area contributed by atoms with Crippen molar-refractivity contribution in [3.63, 3.8) is 0 Å². The molecule has 2 aromatic rings. The topological polar surface area (TPSA) is 35.2 Å². The maximum Gasteiger partial charge on any atom is 0.124 e. The third-order valence-corrected chi connectivity index (χ3v) is 3.43. The van der Waals surface area contributed by atoms with Crippen LogP contribution in [0.5, 0.6) is 5.75 Å². The Hall–Kier alpha value is -1.51. The van der Waals surface area contributed by atoms with E-state index in [9.17, 15) is 0 Å². The van der Waals surface area contributed by atoms with Gasteiger partial charge in [0.2, 0.25) is 0 Å². The van der Waals surface area contributed by atoms with Crippen molar-refractivity contribution in [2.45, 2.75) is 18.9 Å². The Morgan fingerprint density at radius 1 is 1.16 bits per heavy atom. The van der Waals surface area contributed by atoms with E-state index in [0.717, 1.165) is 17.7 Å². The van der Waals surface area contributed by atoms with Gasteiger partial charge in [0.15, 0.2) is 0 Å². The van der Waals surface area contributed by atoms with Gasteiger partial charge in [-0.15, -0.1) is 0 Å². The highest BCUT2D eigenvalue weighted by Gasteiger charge is 2.25. The average Bonchev–Trinajstić information content (AvgIpc) is 2.39. The van der Waals surface area contributed by atoms with E-state index < -0.39 is 5.54 Å². The summed E-state index contributed by atoms with van der Waals surface area (Å²) in [5.41, 5.74) is 8.06. The van der Waals surface area contributed by atoms with Crippen molar-refractivity contribution in [3.05, 3.63) is 64.7 Å². The Bertz CT molecular complexity index is 552. The van der Waals surface area contributed by atoms with Gasteiger partial charge < -0.3 is 10.5 Å². The largest absolute Gasteiger partial charge is 0.496 e. The van der Waals surface area contributed by atoms with Crippen molar-refractivity contribution >= 4 is 11.6 Å². The number of ether oxygens (including phenoxy) is 1. The summed E-state index contributed by atoms with van der Waals surface area (Å²) in [5.74, 6) is 0.769. The second-order valence-electron chi connectivity index (χ2n) is 4.92. The lowest BCUT2D eigenvalue weighted by Gasteiger charge is -2.27. The monoisotopic (exact) mass is 275 g/mol. The summed E-state index contributed by atoms with van der Waals surface area (Å²) in [5, 5.41) is 0.667. The third kappa shape index (κ3) is 3.28. The molecule has 3 heteroatoms. The predicted molar refractivity (Wildman–Crippen MR) is 79.7 cm³/mol. The van der Waals surface area contributed by atoms with Crippen molar-refractivity contribution < 1.29 is 4.74 Å². The summed E-state index contributed by atoms with van der Waals surface area (Å²) in [6.07, 6.45) is 0.727. The highest BCUT2D eigenvalue weighted by atomic mass is 35.5. The molecular formula is C16H18ClNO. The number of methoxy groups -OCH3 is 1. The molecule has 0 saturated carbocycles. The van der Waals surface area contributed by atoms with Gasteiger partial charge in [0.25, 0.3) is 0 Å². The minimum absolute atomic E-state index is 0.530. The predicted octanol–water partition coefficient (Wildman–Crippen LogP) is 3.77. The van der Waals surface area contributed by atoms with Gasteiger partial charge >= 0.3 is 0 Å². The fourth-order valence-electron chi connectivity index (χ4n) is 2.24. The highest BCUT2D eigenvalue weighted by molar-refractivity contribution is 6.30. The summed E-state index contributed by atoms with van der Waals surface area (Å²) in [7, 11) is 1.64. The van der Waals surface area contributed by atoms with E-state index in [4.69, 9.17) is 22.1 Å². The number of nitrogens with two attached hydrogens (primary N) is 1. The van der Waals surface area contributed by atoms with Gasteiger partial charge in [-0.3, -0.25) is 0 Å². The zero-order chi connectivity index (χ0) is 13.9. The zero-order valence-electron chi connectivity index (χ0n) is 11.2. The molecule has 2 N–H and O–H groups in total. The second kappa shape index (κ2) is 5.64. The van der Waals surface area contributed by atoms with Gasteiger partial charge in [0, 0.05) is 16.1 Å². The van der Waals surface area contributed by atoms with Crippen LogP contribution in [0.4, 0.5) is 0 Å². The molecule has 100 valence electrons. The van der Waals surface area contributed by atoms with Gasteiger partial charge in [-0.05, 0) is 37.1 Å². The lowest BCUT2D eigenvalue weighted by molar-refractivity contribution is 0.386. The Labute approximate surface area is 119 Å². The molecule has 2 aromatic carbocycles. The van der Waals surface area contributed by atoms with Crippen LogP contribution in [0.25, 0.3) is 0 Å². The van der Waals surface area contributed by atoms with Gasteiger partial charge in [0.1, 0.15) is 5.75 Å². The number of rotatable bonds is 4. The van der Waals surface area contributed by atoms with Gasteiger partial charge in [-0.1, -0.05) is 41.9 Å². The quantitative estimate of drug-likeness (QED) is 0.922. The van der Waals surface area contributed by atoms with Crippen LogP contribution in [-0.2, 0) is 12.0 Å². The van der Waals surface area contributed by atoms with Crippen LogP contribution in [0.2, 0.25) is 5.02 Å². The maximum atomic E-state index is 6.48. The molecule has 1 atom stereocenters. The Kier molecular flexibility index (Phi) is 4.13. The molecular weight excluding hydrogens is 258 g/mol. The fourth-order valence-corrected chi connectivity index (χ4v) is 2.41. The average molecular weight is 276 g/mol. The Balaban J connectivity index is 2.36. The summed E-state index contributed by atoms with van der Waals surface area (Å²) >= 11 is 6.07. The fraction of sp³-hybridized carbons (Fsp3) is 0.250. The molecule has 1 unspecified atom stereocenters. The van der Waals surface area contributed by atoms with Crippen LogP contribution in [-0.4, -0.2) is 7.11 Å². The molecule has 0 aliphatic heterocycles. The molecule has 2 rings (SSSR count). The van der Waals surface area contributed by atoms with Crippen LogP contribution in [0.3, 0.4) is 0 Å². The molecule has 2 nitrogen and oxygen atoms in total. The third-order valence-electron chi connectivity index (χ3n) is 3.19. The number of hydrogen-bond donors (Lipinski definition) is 1. The standard InChI is InChI=1S/C16H18ClNO/c1-16(18,11-12-6-4-3-5-7-12)14-10-13(17)8-9-15(14)19-2/h3-10H,11,18H2,1-2H3. The molecule has 0 bridgehead atoms. The normalized spacial score (nSPS) is 13.9. The molecule has 0 aromatic heterocycles. The molecule has 0 aliphatic rings. The molecule has 19 heavy (non-hydrogen) atoms. The van der Waals surface area contributed by atoms with Crippen molar-refractivity contribution in [2.24, 2.45) is 5.73 Å². The Morgan fingerprint density at radius 2 is 1.84 bits per heavy atom. The highest BCUT2D eigenvalue weighted by Crippen LogP contribution is 2.32. The minimum Gasteiger partial charge on any atom is -0.496 e. The molecule has 0 heterocycles. The summed E-state index contributed by atoms with van der Waals surface area (Å²) in [6.45, 7) is 1.99. The van der Waals surface area contributed by atoms with Crippen molar-refractivity contribution in [3.8, 4) is 5.75 Å². The number of hydrogen-bond acceptors (Lipinski definition) is 2. The molecule has 0 amide bonds. The first-order valence-electron chi connectivity index (χ1n) is 6.20. The van der Waals surface area contributed by atoms with Crippen molar-refractivity contribution in [1.29, 1.82) is 0 Å². The molecule has 0 spiro atoms. The van der Waals surface area contributed by atoms with Gasteiger partial charge in [-0.2, -0.15) is 0 Å². The molecule has 0 aliphatic carbocycles. The summed E-state index contributed by atoms with van der Waals surface area (Å²) in [6, 6.07) is 15.7. The first-order chi connectivity index (χ1) is 9.03. The van der Waals surface area contributed by atoms with Crippen molar-refractivity contribution in [1.82, 2.24) is 0 Å². The number of halogens is 1. The second-order valence-corrected chi connectivity index (χ2v) is 5.36. The maximum absolute atomic E-state index is 6.48.